The summed E-state index contributed by atoms with van der Waals surface area (Å²) in [5.74, 6) is 0.0952. The van der Waals surface area contributed by atoms with Crippen LogP contribution < -0.4 is 9.47 Å². The summed E-state index contributed by atoms with van der Waals surface area (Å²) >= 11 is 1.51. The number of nitrogens with zero attached hydrogens (tertiary/aromatic N) is 4. The third-order valence-electron chi connectivity index (χ3n) is 7.63. The van der Waals surface area contributed by atoms with Gasteiger partial charge in [0.25, 0.3) is 11.8 Å². The number of amides is 2. The first-order chi connectivity index (χ1) is 21.2. The summed E-state index contributed by atoms with van der Waals surface area (Å²) in [6, 6.07) is 12.8. The summed E-state index contributed by atoms with van der Waals surface area (Å²) in [5, 5.41) is 8.04. The van der Waals surface area contributed by atoms with E-state index in [0.29, 0.717) is 50.8 Å². The second-order valence-electron chi connectivity index (χ2n) is 10.4. The number of hydrazone groups is 1. The molecule has 1 fully saturated rings. The Labute approximate surface area is 257 Å². The third-order valence-corrected chi connectivity index (χ3v) is 8.55. The Morgan fingerprint density at radius 2 is 1.77 bits per heavy atom. The number of benzene rings is 2. The number of rotatable bonds is 10. The zero-order valence-electron chi connectivity index (χ0n) is 24.4. The van der Waals surface area contributed by atoms with E-state index in [1.165, 1.54) is 28.4 Å². The molecule has 2 aromatic carbocycles. The highest BCUT2D eigenvalue weighted by molar-refractivity contribution is 7.12. The number of hydrogen-bond acceptors (Lipinski definition) is 8. The number of carbonyl (C=O) groups excluding carboxylic acids is 2. The molecule has 3 aromatic rings. The summed E-state index contributed by atoms with van der Waals surface area (Å²) in [7, 11) is 3.08. The van der Waals surface area contributed by atoms with Crippen LogP contribution in [0.4, 0.5) is 13.2 Å². The molecule has 0 aliphatic carbocycles. The molecule has 2 aliphatic heterocycles. The fourth-order valence-corrected chi connectivity index (χ4v) is 5.93. The van der Waals surface area contributed by atoms with E-state index in [2.05, 4.69) is 4.90 Å². The molecule has 2 amide bonds. The Morgan fingerprint density at radius 1 is 1.05 bits per heavy atom. The molecule has 9 nitrogen and oxygen atoms in total. The maximum Gasteiger partial charge on any atom is 0.416 e. The minimum Gasteiger partial charge on any atom is -0.493 e. The van der Waals surface area contributed by atoms with Crippen LogP contribution in [0.2, 0.25) is 0 Å². The largest absolute Gasteiger partial charge is 0.493 e. The van der Waals surface area contributed by atoms with Gasteiger partial charge in [-0.05, 0) is 53.4 Å². The van der Waals surface area contributed by atoms with Crippen molar-refractivity contribution in [3.8, 4) is 11.5 Å². The van der Waals surface area contributed by atoms with Gasteiger partial charge in [-0.15, -0.1) is 11.3 Å². The fourth-order valence-electron chi connectivity index (χ4n) is 5.21. The van der Waals surface area contributed by atoms with Crippen LogP contribution in [-0.4, -0.2) is 92.5 Å². The van der Waals surface area contributed by atoms with Crippen molar-refractivity contribution in [1.82, 2.24) is 14.8 Å². The molecule has 5 rings (SSSR count). The highest BCUT2D eigenvalue weighted by Crippen LogP contribution is 2.38. The first-order valence-electron chi connectivity index (χ1n) is 14.1. The topological polar surface area (TPSA) is 83.9 Å². The van der Waals surface area contributed by atoms with E-state index in [9.17, 15) is 22.8 Å². The van der Waals surface area contributed by atoms with Crippen molar-refractivity contribution in [1.29, 1.82) is 0 Å². The SMILES string of the molecule is COc1ccc(C2CC(c3cccs3)=NN2C(=O)CN(CCN2CCOCC2)C(=O)c2ccc(C(F)(F)F)cc2)cc1OC. The van der Waals surface area contributed by atoms with Gasteiger partial charge in [0.2, 0.25) is 0 Å². The van der Waals surface area contributed by atoms with Crippen LogP contribution in [0.15, 0.2) is 65.1 Å². The summed E-state index contributed by atoms with van der Waals surface area (Å²) in [4.78, 5) is 32.1. The number of halogens is 3. The van der Waals surface area contributed by atoms with Gasteiger partial charge in [-0.3, -0.25) is 14.5 Å². The highest BCUT2D eigenvalue weighted by Gasteiger charge is 2.36. The molecule has 0 saturated carbocycles. The van der Waals surface area contributed by atoms with Crippen molar-refractivity contribution in [2.75, 3.05) is 60.2 Å². The van der Waals surface area contributed by atoms with E-state index in [-0.39, 0.29) is 18.7 Å². The van der Waals surface area contributed by atoms with Crippen molar-refractivity contribution in [3.63, 3.8) is 0 Å². The lowest BCUT2D eigenvalue weighted by Gasteiger charge is -2.31. The van der Waals surface area contributed by atoms with E-state index in [1.54, 1.807) is 19.2 Å². The molecule has 0 radical (unpaired) electrons. The second kappa shape index (κ2) is 13.8. The van der Waals surface area contributed by atoms with Crippen molar-refractivity contribution >= 4 is 28.9 Å². The molecule has 0 N–H and O–H groups in total. The average molecular weight is 631 g/mol. The molecule has 0 spiro atoms. The van der Waals surface area contributed by atoms with Crippen molar-refractivity contribution in [3.05, 3.63) is 81.5 Å². The van der Waals surface area contributed by atoms with Gasteiger partial charge in [0, 0.05) is 38.2 Å². The smallest absolute Gasteiger partial charge is 0.416 e. The first kappa shape index (κ1) is 31.5. The van der Waals surface area contributed by atoms with E-state index in [0.717, 1.165) is 40.4 Å². The lowest BCUT2D eigenvalue weighted by molar-refractivity contribution is -0.137. The van der Waals surface area contributed by atoms with E-state index in [1.807, 2.05) is 23.6 Å². The zero-order chi connectivity index (χ0) is 31.3. The van der Waals surface area contributed by atoms with E-state index >= 15 is 0 Å². The van der Waals surface area contributed by atoms with Crippen molar-refractivity contribution in [2.24, 2.45) is 5.10 Å². The van der Waals surface area contributed by atoms with Crippen molar-refractivity contribution in [2.45, 2.75) is 18.6 Å². The van der Waals surface area contributed by atoms with Gasteiger partial charge in [-0.1, -0.05) is 12.1 Å². The number of ether oxygens (including phenoxy) is 3. The van der Waals surface area contributed by atoms with Gasteiger partial charge in [-0.2, -0.15) is 18.3 Å². The normalized spacial score (nSPS) is 17.3. The monoisotopic (exact) mass is 630 g/mol. The predicted molar refractivity (Wildman–Crippen MR) is 159 cm³/mol. The molecular weight excluding hydrogens is 597 g/mol. The Balaban J connectivity index is 1.42. The number of morpholine rings is 1. The van der Waals surface area contributed by atoms with Crippen LogP contribution in [0, 0.1) is 0 Å². The van der Waals surface area contributed by atoms with Crippen LogP contribution in [-0.2, 0) is 15.7 Å². The van der Waals surface area contributed by atoms with E-state index < -0.39 is 29.6 Å². The molecule has 3 heterocycles. The number of thiophene rings is 1. The second-order valence-corrected chi connectivity index (χ2v) is 11.3. The molecule has 1 aromatic heterocycles. The molecule has 13 heteroatoms. The third kappa shape index (κ3) is 7.22. The Hall–Kier alpha value is -3.94. The number of alkyl halides is 3. The maximum absolute atomic E-state index is 14.0. The predicted octanol–water partition coefficient (Wildman–Crippen LogP) is 4.94. The molecule has 234 valence electrons. The average Bonchev–Trinajstić information content (AvgIpc) is 3.73. The molecule has 1 saturated heterocycles. The summed E-state index contributed by atoms with van der Waals surface area (Å²) in [6.45, 7) is 2.85. The molecule has 2 aliphatic rings. The number of hydrogen-bond donors (Lipinski definition) is 0. The van der Waals surface area contributed by atoms with Gasteiger partial charge in [0.1, 0.15) is 6.54 Å². The summed E-state index contributed by atoms with van der Waals surface area (Å²) in [6.07, 6.45) is -4.08. The minimum atomic E-state index is -4.53. The van der Waals surface area contributed by atoms with Crippen LogP contribution >= 0.6 is 11.3 Å². The van der Waals surface area contributed by atoms with Gasteiger partial charge < -0.3 is 19.1 Å². The molecule has 1 atom stereocenters. The lowest BCUT2D eigenvalue weighted by Crippen LogP contribution is -2.46. The number of carbonyl (C=O) groups is 2. The minimum absolute atomic E-state index is 0.0633. The molecule has 1 unspecified atom stereocenters. The maximum atomic E-state index is 14.0. The van der Waals surface area contributed by atoms with Crippen LogP contribution in [0.25, 0.3) is 0 Å². The fraction of sp³-hybridized carbons (Fsp3) is 0.387. The summed E-state index contributed by atoms with van der Waals surface area (Å²) in [5.41, 5.74) is 0.728. The Kier molecular flexibility index (Phi) is 9.87. The molecule has 0 bridgehead atoms. The van der Waals surface area contributed by atoms with Gasteiger partial charge in [0.05, 0.1) is 49.6 Å². The first-order valence-corrected chi connectivity index (χ1v) is 15.0. The van der Waals surface area contributed by atoms with E-state index in [4.69, 9.17) is 19.3 Å². The van der Waals surface area contributed by atoms with Crippen molar-refractivity contribution < 1.29 is 37.0 Å². The zero-order valence-corrected chi connectivity index (χ0v) is 25.2. The van der Waals surface area contributed by atoms with Crippen LogP contribution in [0.1, 0.15) is 38.8 Å². The number of methoxy groups -OCH3 is 2. The van der Waals surface area contributed by atoms with Gasteiger partial charge in [-0.25, -0.2) is 5.01 Å². The quantitative estimate of drug-likeness (QED) is 0.316. The van der Waals surface area contributed by atoms with Crippen LogP contribution in [0.3, 0.4) is 0 Å². The van der Waals surface area contributed by atoms with Gasteiger partial charge >= 0.3 is 6.18 Å². The Morgan fingerprint density at radius 3 is 2.41 bits per heavy atom. The lowest BCUT2D eigenvalue weighted by atomic mass is 10.0. The van der Waals surface area contributed by atoms with Gasteiger partial charge in [0.15, 0.2) is 11.5 Å². The standard InChI is InChI=1S/C31H33F3N4O5S/c1-41-26-10-7-22(18-27(26)42-2)25-19-24(28-4-3-17-44-28)35-38(25)29(39)20-37(12-11-36-13-15-43-16-14-36)30(40)21-5-8-23(9-6-21)31(32,33)34/h3-10,17-18,25H,11-16,19-20H2,1-2H3. The molecule has 44 heavy (non-hydrogen) atoms. The molecular formula is C31H33F3N4O5S. The summed E-state index contributed by atoms with van der Waals surface area (Å²) < 4.78 is 55.8. The highest BCUT2D eigenvalue weighted by atomic mass is 32.1. The van der Waals surface area contributed by atoms with Crippen LogP contribution in [0.5, 0.6) is 11.5 Å². The Bertz CT molecular complexity index is 1470.